The summed E-state index contributed by atoms with van der Waals surface area (Å²) >= 11 is 6.09. The number of rotatable bonds is 3. The molecule has 2 nitrogen and oxygen atoms in total. The Morgan fingerprint density at radius 1 is 1.24 bits per heavy atom. The Kier molecular flexibility index (Phi) is 3.45. The Morgan fingerprint density at radius 3 is 2.53 bits per heavy atom. The molecular weight excluding hydrogens is 232 g/mol. The van der Waals surface area contributed by atoms with Crippen LogP contribution in [-0.4, -0.2) is 11.6 Å². The first-order valence-electron chi connectivity index (χ1n) is 6.02. The van der Waals surface area contributed by atoms with Crippen LogP contribution < -0.4 is 5.32 Å². The van der Waals surface area contributed by atoms with Crippen LogP contribution in [0.3, 0.4) is 0 Å². The lowest BCUT2D eigenvalue weighted by Gasteiger charge is -2.09. The maximum atomic E-state index is 6.09. The minimum atomic E-state index is 0.346. The van der Waals surface area contributed by atoms with Gasteiger partial charge in [0.25, 0.3) is 0 Å². The third kappa shape index (κ3) is 2.20. The number of hydrogen-bond donors (Lipinski definition) is 1. The van der Waals surface area contributed by atoms with Gasteiger partial charge in [-0.05, 0) is 45.5 Å². The van der Waals surface area contributed by atoms with Gasteiger partial charge in [0.2, 0.25) is 0 Å². The van der Waals surface area contributed by atoms with Gasteiger partial charge in [0.1, 0.15) is 0 Å². The van der Waals surface area contributed by atoms with Gasteiger partial charge in [-0.3, -0.25) is 0 Å². The molecule has 0 bridgehead atoms. The largest absolute Gasteiger partial charge is 0.345 e. The molecule has 0 fully saturated rings. The molecule has 0 aliphatic rings. The first-order valence-corrected chi connectivity index (χ1v) is 6.39. The van der Waals surface area contributed by atoms with Crippen LogP contribution in [0.4, 0.5) is 0 Å². The Bertz CT molecular complexity index is 528. The lowest BCUT2D eigenvalue weighted by Crippen LogP contribution is -2.11. The van der Waals surface area contributed by atoms with Crippen LogP contribution in [0, 0.1) is 0 Å². The van der Waals surface area contributed by atoms with E-state index in [2.05, 4.69) is 42.9 Å². The van der Waals surface area contributed by atoms with Crippen LogP contribution in [0.25, 0.3) is 10.9 Å². The van der Waals surface area contributed by atoms with E-state index in [1.807, 2.05) is 19.2 Å². The van der Waals surface area contributed by atoms with Gasteiger partial charge in [0.15, 0.2) is 0 Å². The number of halogens is 1. The second kappa shape index (κ2) is 4.71. The van der Waals surface area contributed by atoms with Crippen molar-refractivity contribution in [2.45, 2.75) is 32.9 Å². The van der Waals surface area contributed by atoms with E-state index < -0.39 is 0 Å². The van der Waals surface area contributed by atoms with Crippen LogP contribution in [0.5, 0.6) is 0 Å². The van der Waals surface area contributed by atoms with Crippen molar-refractivity contribution < 1.29 is 0 Å². The summed E-state index contributed by atoms with van der Waals surface area (Å²) in [6.07, 6.45) is 2.23. The molecule has 92 valence electrons. The molecule has 0 radical (unpaired) electrons. The molecule has 0 saturated carbocycles. The molecule has 0 aliphatic heterocycles. The van der Waals surface area contributed by atoms with Crippen molar-refractivity contribution >= 4 is 22.5 Å². The van der Waals surface area contributed by atoms with Crippen molar-refractivity contribution in [1.82, 2.24) is 9.88 Å². The summed E-state index contributed by atoms with van der Waals surface area (Å²) in [4.78, 5) is 0. The minimum absolute atomic E-state index is 0.346. The van der Waals surface area contributed by atoms with Crippen molar-refractivity contribution in [1.29, 1.82) is 0 Å². The normalized spacial score (nSPS) is 13.5. The third-order valence-electron chi connectivity index (χ3n) is 3.28. The summed E-state index contributed by atoms with van der Waals surface area (Å²) in [5.74, 6) is 0. The molecule has 1 atom stereocenters. The maximum Gasteiger partial charge on any atom is 0.0501 e. The van der Waals surface area contributed by atoms with E-state index in [4.69, 9.17) is 11.6 Å². The predicted octanol–water partition coefficient (Wildman–Crippen LogP) is 4.16. The molecular formula is C14H19ClN2. The van der Waals surface area contributed by atoms with Gasteiger partial charge < -0.3 is 9.88 Å². The van der Waals surface area contributed by atoms with Crippen LogP contribution >= 0.6 is 11.6 Å². The van der Waals surface area contributed by atoms with Crippen LogP contribution in [0.2, 0.25) is 5.02 Å². The summed E-state index contributed by atoms with van der Waals surface area (Å²) in [7, 11) is 1.99. The third-order valence-corrected chi connectivity index (χ3v) is 3.52. The second-order valence-corrected chi connectivity index (χ2v) is 5.19. The molecule has 0 amide bonds. The topological polar surface area (TPSA) is 17.0 Å². The molecule has 1 unspecified atom stereocenters. The average Bonchev–Trinajstić information content (AvgIpc) is 2.66. The zero-order valence-electron chi connectivity index (χ0n) is 10.8. The molecule has 3 heteroatoms. The van der Waals surface area contributed by atoms with E-state index in [0.717, 1.165) is 5.02 Å². The van der Waals surface area contributed by atoms with Crippen LogP contribution in [0.1, 0.15) is 38.4 Å². The Balaban J connectivity index is 2.70. The molecule has 0 spiro atoms. The molecule has 1 aromatic heterocycles. The van der Waals surface area contributed by atoms with Gasteiger partial charge in [-0.15, -0.1) is 0 Å². The molecule has 1 aromatic carbocycles. The molecule has 2 rings (SSSR count). The summed E-state index contributed by atoms with van der Waals surface area (Å²) in [5.41, 5.74) is 2.54. The van der Waals surface area contributed by atoms with Crippen molar-refractivity contribution in [3.05, 3.63) is 35.0 Å². The summed E-state index contributed by atoms with van der Waals surface area (Å²) < 4.78 is 2.28. The summed E-state index contributed by atoms with van der Waals surface area (Å²) in [5, 5.41) is 5.37. The number of nitrogens with zero attached hydrogens (tertiary/aromatic N) is 1. The van der Waals surface area contributed by atoms with Crippen LogP contribution in [-0.2, 0) is 0 Å². The van der Waals surface area contributed by atoms with E-state index in [1.165, 1.54) is 16.5 Å². The lowest BCUT2D eigenvalue weighted by atomic mass is 10.1. The van der Waals surface area contributed by atoms with Crippen LogP contribution in [0.15, 0.2) is 24.4 Å². The average molecular weight is 251 g/mol. The number of nitrogens with one attached hydrogen (secondary N) is 1. The highest BCUT2D eigenvalue weighted by atomic mass is 35.5. The lowest BCUT2D eigenvalue weighted by molar-refractivity contribution is 0.608. The highest BCUT2D eigenvalue weighted by molar-refractivity contribution is 6.31. The maximum absolute atomic E-state index is 6.09. The van der Waals surface area contributed by atoms with Gasteiger partial charge >= 0.3 is 0 Å². The molecule has 2 aromatic rings. The monoisotopic (exact) mass is 250 g/mol. The van der Waals surface area contributed by atoms with Gasteiger partial charge in [-0.25, -0.2) is 0 Å². The fraction of sp³-hybridized carbons (Fsp3) is 0.429. The fourth-order valence-electron chi connectivity index (χ4n) is 2.18. The molecule has 1 N–H and O–H groups in total. The summed E-state index contributed by atoms with van der Waals surface area (Å²) in [6, 6.07) is 6.90. The van der Waals surface area contributed by atoms with E-state index in [0.29, 0.717) is 12.1 Å². The van der Waals surface area contributed by atoms with E-state index in [9.17, 15) is 0 Å². The van der Waals surface area contributed by atoms with Gasteiger partial charge in [0, 0.05) is 28.7 Å². The Hall–Kier alpha value is -0.990. The zero-order valence-corrected chi connectivity index (χ0v) is 11.5. The van der Waals surface area contributed by atoms with Gasteiger partial charge in [-0.2, -0.15) is 0 Å². The molecule has 1 heterocycles. The number of aromatic nitrogens is 1. The Labute approximate surface area is 108 Å². The molecule has 0 saturated heterocycles. The summed E-state index contributed by atoms with van der Waals surface area (Å²) in [6.45, 7) is 6.55. The quantitative estimate of drug-likeness (QED) is 0.866. The smallest absolute Gasteiger partial charge is 0.0501 e. The van der Waals surface area contributed by atoms with E-state index in [-0.39, 0.29) is 0 Å². The van der Waals surface area contributed by atoms with Crippen molar-refractivity contribution in [3.8, 4) is 0 Å². The zero-order chi connectivity index (χ0) is 12.6. The Morgan fingerprint density at radius 2 is 1.94 bits per heavy atom. The van der Waals surface area contributed by atoms with Gasteiger partial charge in [-0.1, -0.05) is 17.7 Å². The van der Waals surface area contributed by atoms with Crippen molar-refractivity contribution in [2.24, 2.45) is 0 Å². The van der Waals surface area contributed by atoms with Crippen molar-refractivity contribution in [3.63, 3.8) is 0 Å². The standard InChI is InChI=1S/C14H19ClN2/c1-9(2)17-8-13(10(3)16-4)12-6-5-11(15)7-14(12)17/h5-10,16H,1-4H3. The predicted molar refractivity (Wildman–Crippen MR) is 74.8 cm³/mol. The highest BCUT2D eigenvalue weighted by Crippen LogP contribution is 2.30. The van der Waals surface area contributed by atoms with E-state index in [1.54, 1.807) is 0 Å². The number of benzene rings is 1. The highest BCUT2D eigenvalue weighted by Gasteiger charge is 2.14. The van der Waals surface area contributed by atoms with Gasteiger partial charge in [0.05, 0.1) is 5.52 Å². The number of fused-ring (bicyclic) bond motifs is 1. The first kappa shape index (κ1) is 12.5. The molecule has 17 heavy (non-hydrogen) atoms. The minimum Gasteiger partial charge on any atom is -0.345 e. The number of hydrogen-bond acceptors (Lipinski definition) is 1. The molecule has 0 aliphatic carbocycles. The SMILES string of the molecule is CNC(C)c1cn(C(C)C)c2cc(Cl)ccc12. The van der Waals surface area contributed by atoms with Crippen molar-refractivity contribution in [2.75, 3.05) is 7.05 Å². The second-order valence-electron chi connectivity index (χ2n) is 4.76. The fourth-order valence-corrected chi connectivity index (χ4v) is 2.35. The van der Waals surface area contributed by atoms with E-state index >= 15 is 0 Å². The first-order chi connectivity index (χ1) is 8.04.